The van der Waals surface area contributed by atoms with Gasteiger partial charge in [-0.1, -0.05) is 171 Å². The predicted octanol–water partition coefficient (Wildman–Crippen LogP) is 13.5. The lowest BCUT2D eigenvalue weighted by Gasteiger charge is -2.36. The normalized spacial score (nSPS) is 17.1. The van der Waals surface area contributed by atoms with Gasteiger partial charge in [0, 0.05) is 17.4 Å². The van der Waals surface area contributed by atoms with Crippen molar-refractivity contribution in [2.24, 2.45) is 9.98 Å². The molecule has 1 heterocycles. The molecule has 1 aliphatic heterocycles. The van der Waals surface area contributed by atoms with Gasteiger partial charge in [-0.05, 0) is 105 Å². The van der Waals surface area contributed by atoms with E-state index in [0.29, 0.717) is 0 Å². The third-order valence-electron chi connectivity index (χ3n) is 12.2. The Kier molecular flexibility index (Phi) is 9.79. The van der Waals surface area contributed by atoms with Gasteiger partial charge in [-0.2, -0.15) is 5.26 Å². The average molecular weight is 736 g/mol. The molecule has 1 atom stereocenters. The van der Waals surface area contributed by atoms with Crippen LogP contribution < -0.4 is 0 Å². The van der Waals surface area contributed by atoms with Crippen molar-refractivity contribution in [3.8, 4) is 28.3 Å². The molecule has 0 saturated heterocycles. The van der Waals surface area contributed by atoms with Gasteiger partial charge < -0.3 is 0 Å². The van der Waals surface area contributed by atoms with Crippen molar-refractivity contribution in [3.63, 3.8) is 0 Å². The fourth-order valence-electron chi connectivity index (χ4n) is 9.30. The minimum absolute atomic E-state index is 0.00464. The molecule has 3 nitrogen and oxygen atoms in total. The monoisotopic (exact) mass is 735 g/mol. The zero-order valence-electron chi connectivity index (χ0n) is 32.5. The maximum atomic E-state index is 9.78. The summed E-state index contributed by atoms with van der Waals surface area (Å²) in [5.74, 6) is 0.777. The van der Waals surface area contributed by atoms with Gasteiger partial charge in [-0.25, -0.2) is 4.99 Å². The number of hydrogen-bond donors (Lipinski definition) is 0. The van der Waals surface area contributed by atoms with Crippen molar-refractivity contribution in [1.29, 1.82) is 5.26 Å². The molecule has 57 heavy (non-hydrogen) atoms. The van der Waals surface area contributed by atoms with Crippen molar-refractivity contribution in [2.45, 2.75) is 56.9 Å². The van der Waals surface area contributed by atoms with Gasteiger partial charge in [0.15, 0.2) is 5.84 Å². The summed E-state index contributed by atoms with van der Waals surface area (Å²) >= 11 is 0. The lowest BCUT2D eigenvalue weighted by Crippen LogP contribution is -2.28. The molecule has 1 spiro atoms. The molecule has 3 aliphatic rings. The molecule has 6 aromatic rings. The minimum atomic E-state index is -0.0146. The maximum Gasteiger partial charge on any atom is 0.155 e. The number of benzene rings is 6. The van der Waals surface area contributed by atoms with Crippen LogP contribution in [0.25, 0.3) is 33.4 Å². The number of nitrogens with zero attached hydrogens (tertiary/aromatic N) is 3. The molecule has 0 aromatic heterocycles. The highest BCUT2D eigenvalue weighted by Crippen LogP contribution is 2.57. The van der Waals surface area contributed by atoms with E-state index < -0.39 is 0 Å². The molecule has 6 aromatic carbocycles. The van der Waals surface area contributed by atoms with E-state index in [1.807, 2.05) is 24.3 Å². The first kappa shape index (κ1) is 36.0. The summed E-state index contributed by atoms with van der Waals surface area (Å²) in [7, 11) is 0. The molecule has 0 radical (unpaired) electrons. The Morgan fingerprint density at radius 3 is 2.18 bits per heavy atom. The summed E-state index contributed by atoms with van der Waals surface area (Å²) in [5, 5.41) is 9.78. The summed E-state index contributed by atoms with van der Waals surface area (Å²) in [6.45, 7) is 6.70. The van der Waals surface area contributed by atoms with Crippen LogP contribution in [-0.2, 0) is 5.41 Å². The molecular weight excluding hydrogens is 691 g/mol. The first-order chi connectivity index (χ1) is 28.0. The van der Waals surface area contributed by atoms with E-state index >= 15 is 0 Å². The third kappa shape index (κ3) is 6.83. The van der Waals surface area contributed by atoms with Crippen LogP contribution in [0.3, 0.4) is 0 Å². The molecule has 276 valence electrons. The predicted molar refractivity (Wildman–Crippen MR) is 237 cm³/mol. The topological polar surface area (TPSA) is 48.5 Å². The van der Waals surface area contributed by atoms with Crippen LogP contribution in [0.5, 0.6) is 0 Å². The van der Waals surface area contributed by atoms with Crippen LogP contribution in [-0.4, -0.2) is 11.5 Å². The highest BCUT2D eigenvalue weighted by atomic mass is 15.0. The Hall–Kier alpha value is -6.63. The lowest BCUT2D eigenvalue weighted by atomic mass is 9.67. The van der Waals surface area contributed by atoms with Crippen molar-refractivity contribution < 1.29 is 0 Å². The van der Waals surface area contributed by atoms with E-state index in [1.54, 1.807) is 0 Å². The molecule has 1 fully saturated rings. The van der Waals surface area contributed by atoms with Gasteiger partial charge in [0.1, 0.15) is 0 Å². The second-order valence-corrected chi connectivity index (χ2v) is 15.5. The van der Waals surface area contributed by atoms with Gasteiger partial charge in [-0.3, -0.25) is 4.99 Å². The molecule has 3 heteroatoms. The Bertz CT molecular complexity index is 2640. The summed E-state index contributed by atoms with van der Waals surface area (Å²) in [5.41, 5.74) is 17.2. The number of rotatable bonds is 8. The molecule has 9 rings (SSSR count). The smallest absolute Gasteiger partial charge is 0.155 e. The number of nitriles is 1. The Balaban J connectivity index is 0.969. The lowest BCUT2D eigenvalue weighted by molar-refractivity contribution is 0.353. The van der Waals surface area contributed by atoms with Gasteiger partial charge in [0.05, 0.1) is 23.4 Å². The largest absolute Gasteiger partial charge is 0.258 e. The fourth-order valence-corrected chi connectivity index (χ4v) is 9.30. The molecular formula is C54H45N3. The second-order valence-electron chi connectivity index (χ2n) is 15.5. The van der Waals surface area contributed by atoms with Crippen molar-refractivity contribution in [2.75, 3.05) is 0 Å². The first-order valence-corrected chi connectivity index (χ1v) is 20.2. The molecule has 0 bridgehead atoms. The summed E-state index contributed by atoms with van der Waals surface area (Å²) in [6.07, 6.45) is 13.2. The van der Waals surface area contributed by atoms with Crippen LogP contribution in [0.2, 0.25) is 0 Å². The van der Waals surface area contributed by atoms with Crippen LogP contribution in [0.15, 0.2) is 180 Å². The molecule has 1 saturated carbocycles. The highest BCUT2D eigenvalue weighted by molar-refractivity contribution is 6.14. The van der Waals surface area contributed by atoms with E-state index in [1.165, 1.54) is 52.6 Å². The number of amidine groups is 1. The summed E-state index contributed by atoms with van der Waals surface area (Å²) in [6, 6.07) is 53.9. The number of allylic oxidation sites excluding steroid dienone is 5. The molecule has 0 amide bonds. The van der Waals surface area contributed by atoms with Crippen molar-refractivity contribution in [1.82, 2.24) is 0 Å². The second kappa shape index (κ2) is 15.5. The Labute approximate surface area is 336 Å². The van der Waals surface area contributed by atoms with E-state index in [-0.39, 0.29) is 11.5 Å². The van der Waals surface area contributed by atoms with Crippen LogP contribution in [0.1, 0.15) is 96.0 Å². The number of aliphatic imine (C=N–C) groups is 2. The Morgan fingerprint density at radius 2 is 1.42 bits per heavy atom. The summed E-state index contributed by atoms with van der Waals surface area (Å²) in [4.78, 5) is 10.2. The minimum Gasteiger partial charge on any atom is -0.258 e. The standard InChI is InChI=1S/C54H45N3/c1-3-39(25-23-37(2)46-21-14-22-48-52(46)47-30-24-38(36-55)33-49(47)54(48)31-11-6-12-32-54)40-26-28-41(29-27-40)44-19-13-20-45(34-44)51-35-50(42-15-7-4-8-16-42)56-53(57-51)43-17-9-5-10-18-43/h3-5,7-10,13-30,33-34,50H,2,6,11-12,31-32,35H2,1H3/b25-23-,39-3+. The maximum absolute atomic E-state index is 9.78. The molecule has 0 N–H and O–H groups in total. The van der Waals surface area contributed by atoms with E-state index in [4.69, 9.17) is 9.98 Å². The van der Waals surface area contributed by atoms with Gasteiger partial charge in [0.2, 0.25) is 0 Å². The van der Waals surface area contributed by atoms with E-state index in [2.05, 4.69) is 159 Å². The Morgan fingerprint density at radius 1 is 0.702 bits per heavy atom. The quantitative estimate of drug-likeness (QED) is 0.144. The summed E-state index contributed by atoms with van der Waals surface area (Å²) < 4.78 is 0. The van der Waals surface area contributed by atoms with Gasteiger partial charge in [0.25, 0.3) is 0 Å². The van der Waals surface area contributed by atoms with Gasteiger partial charge in [-0.15, -0.1) is 0 Å². The zero-order valence-corrected chi connectivity index (χ0v) is 32.5. The number of hydrogen-bond acceptors (Lipinski definition) is 3. The fraction of sp³-hybridized carbons (Fsp3) is 0.167. The van der Waals surface area contributed by atoms with Crippen LogP contribution >= 0.6 is 0 Å². The van der Waals surface area contributed by atoms with E-state index in [0.717, 1.165) is 75.3 Å². The molecule has 1 unspecified atom stereocenters. The van der Waals surface area contributed by atoms with Crippen molar-refractivity contribution in [3.05, 3.63) is 215 Å². The molecule has 2 aliphatic carbocycles. The SMILES string of the molecule is C=C(/C=C\C(=C/C)c1ccc(-c2cccc(C3=NC(c4ccccc4)=NC(c4ccccc4)C3)c2)cc1)c1cccc2c1-c1ccc(C#N)cc1C21CCCCC1. The third-order valence-corrected chi connectivity index (χ3v) is 12.2. The average Bonchev–Trinajstić information content (AvgIpc) is 3.55. The zero-order chi connectivity index (χ0) is 38.8. The van der Waals surface area contributed by atoms with Crippen LogP contribution in [0.4, 0.5) is 0 Å². The van der Waals surface area contributed by atoms with E-state index in [9.17, 15) is 5.26 Å². The van der Waals surface area contributed by atoms with Crippen molar-refractivity contribution >= 4 is 22.7 Å². The highest BCUT2D eigenvalue weighted by Gasteiger charge is 2.44. The van der Waals surface area contributed by atoms with Gasteiger partial charge >= 0.3 is 0 Å². The van der Waals surface area contributed by atoms with Crippen LogP contribution in [0, 0.1) is 11.3 Å². The first-order valence-electron chi connectivity index (χ1n) is 20.2. The number of fused-ring (bicyclic) bond motifs is 5.